The summed E-state index contributed by atoms with van der Waals surface area (Å²) in [6.45, 7) is 4.40. The normalized spacial score (nSPS) is 10.6. The van der Waals surface area contributed by atoms with Crippen molar-refractivity contribution in [1.29, 1.82) is 0 Å². The number of benzene rings is 3. The van der Waals surface area contributed by atoms with Crippen molar-refractivity contribution < 1.29 is 13.9 Å². The summed E-state index contributed by atoms with van der Waals surface area (Å²) >= 11 is 0. The van der Waals surface area contributed by atoms with Gasteiger partial charge in [0.2, 0.25) is 5.89 Å². The first-order valence-corrected chi connectivity index (χ1v) is 10.1. The van der Waals surface area contributed by atoms with Crippen LogP contribution in [0.2, 0.25) is 0 Å². The summed E-state index contributed by atoms with van der Waals surface area (Å²) in [5.41, 5.74) is 3.43. The lowest BCUT2D eigenvalue weighted by Crippen LogP contribution is -2.34. The van der Waals surface area contributed by atoms with Crippen molar-refractivity contribution in [3.8, 4) is 28.7 Å². The molecular formula is C25H23N3O3. The molecule has 0 unspecified atom stereocenters. The molecular weight excluding hydrogens is 390 g/mol. The highest BCUT2D eigenvalue weighted by Gasteiger charge is 2.18. The largest absolute Gasteiger partial charge is 0.483 e. The Labute approximate surface area is 181 Å². The maximum atomic E-state index is 12.8. The highest BCUT2D eigenvalue weighted by molar-refractivity contribution is 5.94. The summed E-state index contributed by atoms with van der Waals surface area (Å²) in [6, 6.07) is 24.7. The van der Waals surface area contributed by atoms with Gasteiger partial charge >= 0.3 is 0 Å². The fraction of sp³-hybridized carbons (Fsp3) is 0.160. The molecule has 4 aromatic rings. The highest BCUT2D eigenvalue weighted by Crippen LogP contribution is 2.31. The minimum atomic E-state index is -0.126. The lowest BCUT2D eigenvalue weighted by atomic mass is 10.2. The summed E-state index contributed by atoms with van der Waals surface area (Å²) in [4.78, 5) is 14.5. The maximum Gasteiger partial charge on any atom is 0.264 e. The molecule has 156 valence electrons. The predicted octanol–water partition coefficient (Wildman–Crippen LogP) is 5.14. The Bertz CT molecular complexity index is 1170. The van der Waals surface area contributed by atoms with Gasteiger partial charge in [0, 0.05) is 17.8 Å². The number of carbonyl (C=O) groups excluding carboxylic acids is 1. The van der Waals surface area contributed by atoms with Crippen LogP contribution in [0.5, 0.6) is 5.75 Å². The fourth-order valence-corrected chi connectivity index (χ4v) is 3.31. The van der Waals surface area contributed by atoms with Crippen molar-refractivity contribution in [3.05, 3.63) is 84.4 Å². The minimum Gasteiger partial charge on any atom is -0.483 e. The lowest BCUT2D eigenvalue weighted by molar-refractivity contribution is -0.120. The number of likely N-dealkylation sites (N-methyl/N-ethyl adjacent to an activating group) is 1. The van der Waals surface area contributed by atoms with Crippen LogP contribution in [0, 0.1) is 6.92 Å². The van der Waals surface area contributed by atoms with E-state index in [1.165, 1.54) is 0 Å². The van der Waals surface area contributed by atoms with Crippen molar-refractivity contribution in [2.75, 3.05) is 18.1 Å². The predicted molar refractivity (Wildman–Crippen MR) is 120 cm³/mol. The monoisotopic (exact) mass is 413 g/mol. The molecule has 0 saturated heterocycles. The topological polar surface area (TPSA) is 68.5 Å². The second-order valence-corrected chi connectivity index (χ2v) is 7.04. The molecule has 0 fully saturated rings. The molecule has 0 aliphatic heterocycles. The zero-order valence-electron chi connectivity index (χ0n) is 17.5. The number of hydrogen-bond acceptors (Lipinski definition) is 5. The first-order chi connectivity index (χ1) is 15.2. The van der Waals surface area contributed by atoms with Crippen LogP contribution in [0.25, 0.3) is 22.9 Å². The zero-order chi connectivity index (χ0) is 21.6. The Morgan fingerprint density at radius 3 is 2.45 bits per heavy atom. The number of para-hydroxylation sites is 1. The molecule has 0 bridgehead atoms. The first-order valence-electron chi connectivity index (χ1n) is 10.1. The summed E-state index contributed by atoms with van der Waals surface area (Å²) in [5.74, 6) is 1.16. The van der Waals surface area contributed by atoms with Gasteiger partial charge in [0.05, 0.1) is 5.56 Å². The number of aromatic nitrogens is 2. The molecule has 0 saturated carbocycles. The molecule has 0 aliphatic rings. The summed E-state index contributed by atoms with van der Waals surface area (Å²) in [7, 11) is 0. The molecule has 1 heterocycles. The number of amides is 1. The quantitative estimate of drug-likeness (QED) is 0.419. The van der Waals surface area contributed by atoms with E-state index in [1.807, 2.05) is 86.6 Å². The van der Waals surface area contributed by atoms with E-state index >= 15 is 0 Å². The molecule has 0 aliphatic carbocycles. The minimum absolute atomic E-state index is 0.0987. The van der Waals surface area contributed by atoms with E-state index in [9.17, 15) is 4.79 Å². The van der Waals surface area contributed by atoms with Crippen molar-refractivity contribution >= 4 is 11.6 Å². The van der Waals surface area contributed by atoms with Crippen molar-refractivity contribution in [2.24, 2.45) is 0 Å². The number of carbonyl (C=O) groups is 1. The Kier molecular flexibility index (Phi) is 6.08. The van der Waals surface area contributed by atoms with E-state index in [0.717, 1.165) is 16.8 Å². The number of ether oxygens (including phenoxy) is 1. The molecule has 6 heteroatoms. The van der Waals surface area contributed by atoms with Gasteiger partial charge in [-0.25, -0.2) is 0 Å². The van der Waals surface area contributed by atoms with Crippen LogP contribution in [0.1, 0.15) is 12.5 Å². The van der Waals surface area contributed by atoms with E-state index in [1.54, 1.807) is 11.0 Å². The fourth-order valence-electron chi connectivity index (χ4n) is 3.31. The number of anilines is 1. The van der Waals surface area contributed by atoms with Gasteiger partial charge in [-0.1, -0.05) is 42.5 Å². The number of hydrogen-bond donors (Lipinski definition) is 0. The maximum absolute atomic E-state index is 12.8. The lowest BCUT2D eigenvalue weighted by Gasteiger charge is -2.21. The Morgan fingerprint density at radius 2 is 1.68 bits per heavy atom. The molecule has 3 aromatic carbocycles. The van der Waals surface area contributed by atoms with Gasteiger partial charge in [0.15, 0.2) is 6.61 Å². The van der Waals surface area contributed by atoms with Gasteiger partial charge in [0.25, 0.3) is 11.8 Å². The average molecular weight is 413 g/mol. The van der Waals surface area contributed by atoms with Crippen LogP contribution in [-0.2, 0) is 4.79 Å². The van der Waals surface area contributed by atoms with Gasteiger partial charge in [-0.05, 0) is 55.8 Å². The molecule has 4 rings (SSSR count). The van der Waals surface area contributed by atoms with E-state index in [0.29, 0.717) is 29.6 Å². The number of aryl methyl sites for hydroxylation is 1. The van der Waals surface area contributed by atoms with Crippen LogP contribution >= 0.6 is 0 Å². The summed E-state index contributed by atoms with van der Waals surface area (Å²) in [6.07, 6.45) is 0. The van der Waals surface area contributed by atoms with Crippen molar-refractivity contribution in [2.45, 2.75) is 13.8 Å². The molecule has 1 aromatic heterocycles. The Hall–Kier alpha value is -3.93. The molecule has 0 radical (unpaired) electrons. The molecule has 0 spiro atoms. The van der Waals surface area contributed by atoms with E-state index in [-0.39, 0.29) is 12.5 Å². The molecule has 31 heavy (non-hydrogen) atoms. The van der Waals surface area contributed by atoms with Gasteiger partial charge < -0.3 is 14.1 Å². The molecule has 0 atom stereocenters. The van der Waals surface area contributed by atoms with Crippen LogP contribution in [0.3, 0.4) is 0 Å². The third-order valence-electron chi connectivity index (χ3n) is 4.84. The standard InChI is InChI=1S/C25H23N3O3/c1-3-28(20-13-9-10-18(2)16-20)23(29)17-30-22-15-8-7-14-21(22)25-27-26-24(31-25)19-11-5-4-6-12-19/h4-16H,3,17H2,1-2H3. The highest BCUT2D eigenvalue weighted by atomic mass is 16.5. The van der Waals surface area contributed by atoms with E-state index < -0.39 is 0 Å². The van der Waals surface area contributed by atoms with Gasteiger partial charge in [-0.15, -0.1) is 10.2 Å². The molecule has 0 N–H and O–H groups in total. The van der Waals surface area contributed by atoms with Crippen LogP contribution in [0.15, 0.2) is 83.3 Å². The van der Waals surface area contributed by atoms with Crippen molar-refractivity contribution in [1.82, 2.24) is 10.2 Å². The second-order valence-electron chi connectivity index (χ2n) is 7.04. The Morgan fingerprint density at radius 1 is 0.935 bits per heavy atom. The third-order valence-corrected chi connectivity index (χ3v) is 4.84. The first kappa shape index (κ1) is 20.3. The molecule has 1 amide bonds. The van der Waals surface area contributed by atoms with Gasteiger partial charge in [-0.2, -0.15) is 0 Å². The van der Waals surface area contributed by atoms with Crippen LogP contribution in [0.4, 0.5) is 5.69 Å². The van der Waals surface area contributed by atoms with Gasteiger partial charge in [-0.3, -0.25) is 4.79 Å². The average Bonchev–Trinajstić information content (AvgIpc) is 3.29. The van der Waals surface area contributed by atoms with E-state index in [4.69, 9.17) is 9.15 Å². The zero-order valence-corrected chi connectivity index (χ0v) is 17.5. The third kappa shape index (κ3) is 4.64. The number of nitrogens with zero attached hydrogens (tertiary/aromatic N) is 3. The van der Waals surface area contributed by atoms with Crippen LogP contribution < -0.4 is 9.64 Å². The Balaban J connectivity index is 1.52. The van der Waals surface area contributed by atoms with Crippen LogP contribution in [-0.4, -0.2) is 29.3 Å². The SMILES string of the molecule is CCN(C(=O)COc1ccccc1-c1nnc(-c2ccccc2)o1)c1cccc(C)c1. The smallest absolute Gasteiger partial charge is 0.264 e. The number of rotatable bonds is 7. The second kappa shape index (κ2) is 9.26. The van der Waals surface area contributed by atoms with E-state index in [2.05, 4.69) is 10.2 Å². The van der Waals surface area contributed by atoms with Gasteiger partial charge in [0.1, 0.15) is 5.75 Å². The molecule has 6 nitrogen and oxygen atoms in total. The van der Waals surface area contributed by atoms with Crippen molar-refractivity contribution in [3.63, 3.8) is 0 Å². The summed E-state index contributed by atoms with van der Waals surface area (Å²) in [5, 5.41) is 8.31. The summed E-state index contributed by atoms with van der Waals surface area (Å²) < 4.78 is 11.7.